The molecule has 3 aromatic carbocycles. The van der Waals surface area contributed by atoms with Gasteiger partial charge in [-0.05, 0) is 48.7 Å². The molecule has 0 saturated heterocycles. The minimum Gasteiger partial charge on any atom is -0.486 e. The molecule has 5 aromatic rings. The van der Waals surface area contributed by atoms with Gasteiger partial charge in [0, 0.05) is 11.5 Å². The van der Waals surface area contributed by atoms with Gasteiger partial charge in [0.2, 0.25) is 0 Å². The van der Waals surface area contributed by atoms with Crippen molar-refractivity contribution in [3.8, 4) is 5.75 Å². The predicted molar refractivity (Wildman–Crippen MR) is 142 cm³/mol. The highest BCUT2D eigenvalue weighted by atomic mass is 16.5. The van der Waals surface area contributed by atoms with Crippen LogP contribution in [0.15, 0.2) is 94.3 Å². The molecule has 0 atom stereocenters. The van der Waals surface area contributed by atoms with E-state index in [1.54, 1.807) is 29.1 Å². The Bertz CT molecular complexity index is 1650. The van der Waals surface area contributed by atoms with Crippen molar-refractivity contribution in [1.29, 1.82) is 0 Å². The zero-order valence-corrected chi connectivity index (χ0v) is 20.5. The Labute approximate surface area is 213 Å². The molecule has 0 bridgehead atoms. The van der Waals surface area contributed by atoms with E-state index in [4.69, 9.17) is 9.15 Å². The maximum absolute atomic E-state index is 13.5. The zero-order chi connectivity index (χ0) is 25.8. The van der Waals surface area contributed by atoms with Crippen LogP contribution in [0.1, 0.15) is 38.3 Å². The van der Waals surface area contributed by atoms with Crippen molar-refractivity contribution in [2.75, 3.05) is 0 Å². The molecule has 7 heteroatoms. The molecule has 0 aliphatic heterocycles. The number of benzene rings is 3. The summed E-state index contributed by atoms with van der Waals surface area (Å²) in [6, 6.07) is 22.7. The van der Waals surface area contributed by atoms with E-state index in [1.807, 2.05) is 68.4 Å². The van der Waals surface area contributed by atoms with E-state index in [0.29, 0.717) is 17.7 Å². The topological polar surface area (TPSA) is 87.2 Å². The fourth-order valence-corrected chi connectivity index (χ4v) is 4.08. The Morgan fingerprint density at radius 2 is 1.81 bits per heavy atom. The number of hydrogen-bond donors (Lipinski definition) is 0. The first-order valence-electron chi connectivity index (χ1n) is 11.9. The van der Waals surface area contributed by atoms with Crippen LogP contribution in [-0.4, -0.2) is 20.8 Å². The number of carbonyl (C=O) groups is 1. The van der Waals surface area contributed by atoms with Gasteiger partial charge >= 0.3 is 5.63 Å². The number of ether oxygens (including phenoxy) is 1. The van der Waals surface area contributed by atoms with Crippen molar-refractivity contribution < 1.29 is 13.9 Å². The number of nitrogens with zero attached hydrogens (tertiary/aromatic N) is 3. The lowest BCUT2D eigenvalue weighted by Gasteiger charge is -2.13. The molecule has 2 heterocycles. The lowest BCUT2D eigenvalue weighted by molar-refractivity contribution is 0.104. The monoisotopic (exact) mass is 491 g/mol. The van der Waals surface area contributed by atoms with Gasteiger partial charge in [-0.2, -0.15) is 0 Å². The SMILES string of the molecule is Cc1ccc(/C=C/C(=O)c2c(OCc3cnnn3Cc3ccccc3)ccc3c(C)cc(=O)oc23)cc1. The maximum Gasteiger partial charge on any atom is 0.336 e. The Balaban J connectivity index is 1.48. The van der Waals surface area contributed by atoms with Crippen LogP contribution in [0.5, 0.6) is 5.75 Å². The third-order valence-electron chi connectivity index (χ3n) is 6.08. The molecule has 0 saturated carbocycles. The summed E-state index contributed by atoms with van der Waals surface area (Å²) in [5.41, 5.74) is 4.43. The molecule has 0 unspecified atom stereocenters. The second-order valence-corrected chi connectivity index (χ2v) is 8.83. The lowest BCUT2D eigenvalue weighted by atomic mass is 10.0. The van der Waals surface area contributed by atoms with E-state index in [-0.39, 0.29) is 23.5 Å². The molecule has 0 aliphatic carbocycles. The van der Waals surface area contributed by atoms with E-state index in [9.17, 15) is 9.59 Å². The number of allylic oxidation sites excluding steroid dienone is 1. The van der Waals surface area contributed by atoms with Crippen molar-refractivity contribution in [2.45, 2.75) is 27.0 Å². The van der Waals surface area contributed by atoms with E-state index < -0.39 is 5.63 Å². The number of ketones is 1. The smallest absolute Gasteiger partial charge is 0.336 e. The molecule has 0 aliphatic rings. The summed E-state index contributed by atoms with van der Waals surface area (Å²) in [5.74, 6) is -0.0156. The largest absolute Gasteiger partial charge is 0.486 e. The molecule has 0 spiro atoms. The number of rotatable bonds is 8. The summed E-state index contributed by atoms with van der Waals surface area (Å²) in [7, 11) is 0. The number of carbonyl (C=O) groups excluding carboxylic acids is 1. The highest BCUT2D eigenvalue weighted by molar-refractivity contribution is 6.15. The van der Waals surface area contributed by atoms with Crippen molar-refractivity contribution in [3.05, 3.63) is 129 Å². The average Bonchev–Trinajstić information content (AvgIpc) is 3.33. The van der Waals surface area contributed by atoms with Gasteiger partial charge in [-0.3, -0.25) is 4.79 Å². The van der Waals surface area contributed by atoms with Crippen LogP contribution in [0, 0.1) is 13.8 Å². The summed E-state index contributed by atoms with van der Waals surface area (Å²) in [6.07, 6.45) is 4.83. The van der Waals surface area contributed by atoms with Gasteiger partial charge in [-0.25, -0.2) is 9.48 Å². The number of aromatic nitrogens is 3. The van der Waals surface area contributed by atoms with Gasteiger partial charge in [-0.15, -0.1) is 5.10 Å². The van der Waals surface area contributed by atoms with Crippen LogP contribution in [0.25, 0.3) is 17.0 Å². The van der Waals surface area contributed by atoms with E-state index in [2.05, 4.69) is 10.3 Å². The summed E-state index contributed by atoms with van der Waals surface area (Å²) >= 11 is 0. The van der Waals surface area contributed by atoms with Crippen LogP contribution in [0.4, 0.5) is 0 Å². The first-order chi connectivity index (χ1) is 18.0. The molecule has 0 amide bonds. The Morgan fingerprint density at radius 3 is 2.59 bits per heavy atom. The molecule has 184 valence electrons. The fourth-order valence-electron chi connectivity index (χ4n) is 4.08. The average molecular weight is 492 g/mol. The van der Waals surface area contributed by atoms with Crippen molar-refractivity contribution in [1.82, 2.24) is 15.0 Å². The number of hydrogen-bond acceptors (Lipinski definition) is 6. The van der Waals surface area contributed by atoms with Gasteiger partial charge in [0.1, 0.15) is 17.9 Å². The molecule has 0 radical (unpaired) electrons. The van der Waals surface area contributed by atoms with Gasteiger partial charge in [-0.1, -0.05) is 71.5 Å². The maximum atomic E-state index is 13.5. The Morgan fingerprint density at radius 1 is 1.03 bits per heavy atom. The fraction of sp³-hybridized carbons (Fsp3) is 0.133. The van der Waals surface area contributed by atoms with E-state index in [0.717, 1.165) is 27.9 Å². The molecule has 0 N–H and O–H groups in total. The van der Waals surface area contributed by atoms with Crippen molar-refractivity contribution in [3.63, 3.8) is 0 Å². The van der Waals surface area contributed by atoms with E-state index in [1.165, 1.54) is 12.1 Å². The van der Waals surface area contributed by atoms with Crippen molar-refractivity contribution in [2.24, 2.45) is 0 Å². The molecule has 7 nitrogen and oxygen atoms in total. The quantitative estimate of drug-likeness (QED) is 0.161. The van der Waals surface area contributed by atoms with Gasteiger partial charge in [0.05, 0.1) is 18.4 Å². The normalized spacial score (nSPS) is 11.3. The van der Waals surface area contributed by atoms with Gasteiger partial charge in [0.15, 0.2) is 11.4 Å². The molecule has 37 heavy (non-hydrogen) atoms. The third-order valence-corrected chi connectivity index (χ3v) is 6.08. The first-order valence-corrected chi connectivity index (χ1v) is 11.9. The van der Waals surface area contributed by atoms with Gasteiger partial charge < -0.3 is 9.15 Å². The molecular formula is C30H25N3O4. The van der Waals surface area contributed by atoms with Crippen LogP contribution >= 0.6 is 0 Å². The van der Waals surface area contributed by atoms with Gasteiger partial charge in [0.25, 0.3) is 0 Å². The molecule has 2 aromatic heterocycles. The third kappa shape index (κ3) is 5.41. The number of fused-ring (bicyclic) bond motifs is 1. The summed E-state index contributed by atoms with van der Waals surface area (Å²) in [6.45, 7) is 4.48. The van der Waals surface area contributed by atoms with Crippen LogP contribution in [0.2, 0.25) is 0 Å². The minimum atomic E-state index is -0.524. The lowest BCUT2D eigenvalue weighted by Crippen LogP contribution is -2.11. The first kappa shape index (κ1) is 23.9. The molecule has 5 rings (SSSR count). The highest BCUT2D eigenvalue weighted by Gasteiger charge is 2.19. The second-order valence-electron chi connectivity index (χ2n) is 8.83. The Kier molecular flexibility index (Phi) is 6.76. The summed E-state index contributed by atoms with van der Waals surface area (Å²) in [5, 5.41) is 8.87. The standard InChI is InChI=1S/C30H25N3O4/c1-20-8-10-22(11-9-20)12-14-26(34)29-27(15-13-25-21(2)16-28(35)37-30(25)29)36-19-24-17-31-32-33(24)18-23-6-4-3-5-7-23/h3-17H,18-19H2,1-2H3/b14-12+. The summed E-state index contributed by atoms with van der Waals surface area (Å²) in [4.78, 5) is 25.7. The predicted octanol–water partition coefficient (Wildman–Crippen LogP) is 5.52. The van der Waals surface area contributed by atoms with Crippen molar-refractivity contribution >= 4 is 22.8 Å². The van der Waals surface area contributed by atoms with Crippen LogP contribution < -0.4 is 10.4 Å². The number of aryl methyl sites for hydroxylation is 2. The minimum absolute atomic E-state index is 0.128. The molecular weight excluding hydrogens is 466 g/mol. The van der Waals surface area contributed by atoms with Crippen LogP contribution in [-0.2, 0) is 13.2 Å². The van der Waals surface area contributed by atoms with E-state index >= 15 is 0 Å². The van der Waals surface area contributed by atoms with Crippen LogP contribution in [0.3, 0.4) is 0 Å². The molecule has 0 fully saturated rings. The second kappa shape index (κ2) is 10.5. The zero-order valence-electron chi connectivity index (χ0n) is 20.5. The Hall–Kier alpha value is -4.78. The highest BCUT2D eigenvalue weighted by Crippen LogP contribution is 2.30. The summed E-state index contributed by atoms with van der Waals surface area (Å²) < 4.78 is 13.4.